The topological polar surface area (TPSA) is 124 Å². The summed E-state index contributed by atoms with van der Waals surface area (Å²) in [6.45, 7) is 2.96. The molecule has 0 bridgehead atoms. The lowest BCUT2D eigenvalue weighted by Gasteiger charge is -2.24. The minimum Gasteiger partial charge on any atom is -0.478 e. The van der Waals surface area contributed by atoms with Crippen molar-refractivity contribution in [3.8, 4) is 0 Å². The van der Waals surface area contributed by atoms with Crippen molar-refractivity contribution in [1.29, 1.82) is 0 Å². The Balaban J connectivity index is 3.11. The summed E-state index contributed by atoms with van der Waals surface area (Å²) in [4.78, 5) is 34.0. The highest BCUT2D eigenvalue weighted by Gasteiger charge is 2.30. The number of aliphatic hydroxyl groups is 1. The molecule has 0 radical (unpaired) electrons. The van der Waals surface area contributed by atoms with Crippen LogP contribution < -0.4 is 5.32 Å². The van der Waals surface area contributed by atoms with E-state index < -0.39 is 28.8 Å². The van der Waals surface area contributed by atoms with Crippen molar-refractivity contribution < 1.29 is 29.7 Å². The second-order valence-corrected chi connectivity index (χ2v) is 4.90. The maximum atomic E-state index is 12.1. The number of rotatable bonds is 6. The summed E-state index contributed by atoms with van der Waals surface area (Å²) in [6.07, 6.45) is 0.397. The van der Waals surface area contributed by atoms with Gasteiger partial charge in [0, 0.05) is 5.69 Å². The molecule has 1 unspecified atom stereocenters. The van der Waals surface area contributed by atoms with E-state index in [0.717, 1.165) is 12.1 Å². The Morgan fingerprint density at radius 2 is 1.71 bits per heavy atom. The van der Waals surface area contributed by atoms with Crippen LogP contribution in [0.4, 0.5) is 5.69 Å². The largest absolute Gasteiger partial charge is 0.478 e. The predicted molar refractivity (Wildman–Crippen MR) is 74.5 cm³/mol. The lowest BCUT2D eigenvalue weighted by atomic mass is 9.87. The molecule has 0 saturated heterocycles. The molecule has 1 atom stereocenters. The number of nitrogens with one attached hydrogen (secondary N) is 1. The fourth-order valence-electron chi connectivity index (χ4n) is 1.61. The quantitative estimate of drug-likeness (QED) is 0.629. The van der Waals surface area contributed by atoms with Crippen LogP contribution in [0.3, 0.4) is 0 Å². The average molecular weight is 295 g/mol. The molecule has 1 aromatic carbocycles. The number of aromatic carboxylic acids is 2. The van der Waals surface area contributed by atoms with E-state index in [0.29, 0.717) is 6.42 Å². The normalized spacial score (nSPS) is 13.3. The first-order chi connectivity index (χ1) is 9.75. The zero-order valence-corrected chi connectivity index (χ0v) is 11.7. The van der Waals surface area contributed by atoms with Gasteiger partial charge in [0.1, 0.15) is 0 Å². The Morgan fingerprint density at radius 3 is 2.14 bits per heavy atom. The number of carboxylic acids is 2. The Hall–Kier alpha value is -2.41. The molecule has 114 valence electrons. The molecule has 0 aliphatic heterocycles. The number of aliphatic hydroxyl groups excluding tert-OH is 1. The molecule has 0 heterocycles. The molecule has 1 amide bonds. The van der Waals surface area contributed by atoms with Crippen LogP contribution in [0.15, 0.2) is 18.2 Å². The zero-order valence-electron chi connectivity index (χ0n) is 11.7. The third-order valence-corrected chi connectivity index (χ3v) is 3.42. The maximum Gasteiger partial charge on any atom is 0.336 e. The van der Waals surface area contributed by atoms with Crippen LogP contribution in [0, 0.1) is 5.41 Å². The van der Waals surface area contributed by atoms with Crippen LogP contribution in [0.1, 0.15) is 41.0 Å². The molecule has 0 aliphatic carbocycles. The number of benzene rings is 1. The highest BCUT2D eigenvalue weighted by atomic mass is 16.4. The molecule has 0 aliphatic rings. The zero-order chi connectivity index (χ0) is 16.2. The monoisotopic (exact) mass is 295 g/mol. The lowest BCUT2D eigenvalue weighted by Crippen LogP contribution is -2.36. The van der Waals surface area contributed by atoms with Gasteiger partial charge in [-0.05, 0) is 31.5 Å². The van der Waals surface area contributed by atoms with Gasteiger partial charge >= 0.3 is 11.9 Å². The van der Waals surface area contributed by atoms with E-state index in [-0.39, 0.29) is 17.9 Å². The standard InChI is InChI=1S/C14H17NO6/c1-3-14(2,7-16)13(21)15-8-4-5-9(11(17)18)10(6-8)12(19)20/h4-6,16H,3,7H2,1-2H3,(H,15,21)(H,17,18)(H,19,20). The van der Waals surface area contributed by atoms with Gasteiger partial charge in [-0.3, -0.25) is 4.79 Å². The number of carbonyl (C=O) groups is 3. The van der Waals surface area contributed by atoms with E-state index in [9.17, 15) is 19.5 Å². The van der Waals surface area contributed by atoms with Crippen LogP contribution in [0.5, 0.6) is 0 Å². The highest BCUT2D eigenvalue weighted by Crippen LogP contribution is 2.24. The van der Waals surface area contributed by atoms with Crippen LogP contribution >= 0.6 is 0 Å². The van der Waals surface area contributed by atoms with E-state index in [4.69, 9.17) is 10.2 Å². The molecule has 0 saturated carbocycles. The first-order valence-electron chi connectivity index (χ1n) is 6.28. The molecule has 1 aromatic rings. The van der Waals surface area contributed by atoms with Crippen molar-refractivity contribution in [3.05, 3.63) is 29.3 Å². The van der Waals surface area contributed by atoms with Crippen molar-refractivity contribution in [2.24, 2.45) is 5.41 Å². The number of amides is 1. The van der Waals surface area contributed by atoms with Gasteiger partial charge < -0.3 is 20.6 Å². The predicted octanol–water partition coefficient (Wildman–Crippen LogP) is 1.43. The molecule has 7 nitrogen and oxygen atoms in total. The molecule has 4 N–H and O–H groups in total. The van der Waals surface area contributed by atoms with Gasteiger partial charge in [-0.25, -0.2) is 9.59 Å². The Labute approximate surface area is 121 Å². The molecule has 21 heavy (non-hydrogen) atoms. The SMILES string of the molecule is CCC(C)(CO)C(=O)Nc1ccc(C(=O)O)c(C(=O)O)c1. The molecule has 0 fully saturated rings. The van der Waals surface area contributed by atoms with Crippen LogP contribution in [0.2, 0.25) is 0 Å². The van der Waals surface area contributed by atoms with Gasteiger partial charge in [-0.1, -0.05) is 6.92 Å². The first-order valence-corrected chi connectivity index (χ1v) is 6.28. The van der Waals surface area contributed by atoms with Gasteiger partial charge in [0.25, 0.3) is 0 Å². The maximum absolute atomic E-state index is 12.1. The number of hydrogen-bond donors (Lipinski definition) is 4. The fraction of sp³-hybridized carbons (Fsp3) is 0.357. The average Bonchev–Trinajstić information content (AvgIpc) is 2.45. The second kappa shape index (κ2) is 6.36. The summed E-state index contributed by atoms with van der Waals surface area (Å²) >= 11 is 0. The third-order valence-electron chi connectivity index (χ3n) is 3.42. The number of carboxylic acid groups (broad SMARTS) is 2. The molecule has 1 rings (SSSR count). The molecular formula is C14H17NO6. The minimum atomic E-state index is -1.40. The summed E-state index contributed by atoms with van der Waals surface area (Å²) in [5.41, 5.74) is -1.60. The van der Waals surface area contributed by atoms with Crippen LogP contribution in [-0.2, 0) is 4.79 Å². The van der Waals surface area contributed by atoms with E-state index >= 15 is 0 Å². The summed E-state index contributed by atoms with van der Waals surface area (Å²) in [5.74, 6) is -3.23. The summed E-state index contributed by atoms with van der Waals surface area (Å²) in [6, 6.07) is 3.50. The van der Waals surface area contributed by atoms with E-state index in [2.05, 4.69) is 5.32 Å². The van der Waals surface area contributed by atoms with E-state index in [1.807, 2.05) is 0 Å². The Kier molecular flexibility index (Phi) is 5.04. The van der Waals surface area contributed by atoms with Crippen molar-refractivity contribution in [1.82, 2.24) is 0 Å². The fourth-order valence-corrected chi connectivity index (χ4v) is 1.61. The molecule has 0 aromatic heterocycles. The summed E-state index contributed by atoms with van der Waals surface area (Å²) in [7, 11) is 0. The molecular weight excluding hydrogens is 278 g/mol. The lowest BCUT2D eigenvalue weighted by molar-refractivity contribution is -0.127. The van der Waals surface area contributed by atoms with Gasteiger partial charge in [0.05, 0.1) is 23.1 Å². The van der Waals surface area contributed by atoms with Crippen molar-refractivity contribution in [2.75, 3.05) is 11.9 Å². The Bertz CT molecular complexity index is 577. The minimum absolute atomic E-state index is 0.163. The van der Waals surface area contributed by atoms with Crippen molar-refractivity contribution in [2.45, 2.75) is 20.3 Å². The van der Waals surface area contributed by atoms with Crippen molar-refractivity contribution >= 4 is 23.5 Å². The van der Waals surface area contributed by atoms with Gasteiger partial charge in [-0.15, -0.1) is 0 Å². The van der Waals surface area contributed by atoms with Gasteiger partial charge in [0.15, 0.2) is 0 Å². The second-order valence-electron chi connectivity index (χ2n) is 4.90. The van der Waals surface area contributed by atoms with Gasteiger partial charge in [0.2, 0.25) is 5.91 Å². The molecule has 7 heteroatoms. The van der Waals surface area contributed by atoms with E-state index in [1.165, 1.54) is 6.07 Å². The summed E-state index contributed by atoms with van der Waals surface area (Å²) in [5, 5.41) is 29.7. The highest BCUT2D eigenvalue weighted by molar-refractivity contribution is 6.03. The van der Waals surface area contributed by atoms with Crippen LogP contribution in [-0.4, -0.2) is 39.8 Å². The number of carbonyl (C=O) groups excluding carboxylic acids is 1. The van der Waals surface area contributed by atoms with Gasteiger partial charge in [-0.2, -0.15) is 0 Å². The third kappa shape index (κ3) is 3.57. The van der Waals surface area contributed by atoms with Crippen molar-refractivity contribution in [3.63, 3.8) is 0 Å². The number of hydrogen-bond acceptors (Lipinski definition) is 4. The number of anilines is 1. The first kappa shape index (κ1) is 16.6. The van der Waals surface area contributed by atoms with E-state index in [1.54, 1.807) is 13.8 Å². The van der Waals surface area contributed by atoms with Crippen LogP contribution in [0.25, 0.3) is 0 Å². The Morgan fingerprint density at radius 1 is 1.14 bits per heavy atom. The summed E-state index contributed by atoms with van der Waals surface area (Å²) < 4.78 is 0. The molecule has 0 spiro atoms. The smallest absolute Gasteiger partial charge is 0.336 e.